The van der Waals surface area contributed by atoms with Crippen molar-refractivity contribution in [2.75, 3.05) is 25.7 Å². The van der Waals surface area contributed by atoms with Crippen LogP contribution in [-0.4, -0.2) is 50.0 Å². The predicted molar refractivity (Wildman–Crippen MR) is 70.2 cm³/mol. The Labute approximate surface area is 104 Å². The molecule has 0 aromatic rings. The molecular weight excluding hydrogens is 222 g/mol. The molecule has 1 aliphatic rings. The molecule has 3 nitrogen and oxygen atoms in total. The van der Waals surface area contributed by atoms with Crippen molar-refractivity contribution in [1.82, 2.24) is 5.32 Å². The lowest BCUT2D eigenvalue weighted by atomic mass is 9.84. The standard InChI is InChI=1S/C12H25NO2S/c1-5-15-11-8-10(12(11)14-3)13-9(2)6-7-16-4/h9-13H,5-8H2,1-4H3. The SMILES string of the molecule is CCOC1CC(NC(C)CCSC)C1OC. The quantitative estimate of drug-likeness (QED) is 0.710. The maximum Gasteiger partial charge on any atom is 0.0986 e. The maximum atomic E-state index is 5.61. The zero-order chi connectivity index (χ0) is 12.0. The summed E-state index contributed by atoms with van der Waals surface area (Å²) >= 11 is 1.90. The second-order valence-corrected chi connectivity index (χ2v) is 5.37. The third-order valence-electron chi connectivity index (χ3n) is 3.16. The van der Waals surface area contributed by atoms with E-state index in [1.165, 1.54) is 12.2 Å². The fourth-order valence-electron chi connectivity index (χ4n) is 2.18. The molecule has 1 fully saturated rings. The van der Waals surface area contributed by atoms with Crippen molar-refractivity contribution in [3.8, 4) is 0 Å². The molecule has 96 valence electrons. The molecule has 0 spiro atoms. The molecular formula is C12H25NO2S. The summed E-state index contributed by atoms with van der Waals surface area (Å²) in [4.78, 5) is 0. The minimum Gasteiger partial charge on any atom is -0.377 e. The third kappa shape index (κ3) is 3.91. The van der Waals surface area contributed by atoms with Gasteiger partial charge in [-0.15, -0.1) is 0 Å². The Balaban J connectivity index is 2.23. The molecule has 0 aromatic carbocycles. The summed E-state index contributed by atoms with van der Waals surface area (Å²) < 4.78 is 11.1. The van der Waals surface area contributed by atoms with E-state index in [4.69, 9.17) is 9.47 Å². The first-order chi connectivity index (χ1) is 7.72. The van der Waals surface area contributed by atoms with E-state index in [1.807, 2.05) is 18.7 Å². The molecule has 0 radical (unpaired) electrons. The van der Waals surface area contributed by atoms with Gasteiger partial charge in [0.05, 0.1) is 12.2 Å². The van der Waals surface area contributed by atoms with Gasteiger partial charge >= 0.3 is 0 Å². The van der Waals surface area contributed by atoms with Crippen LogP contribution in [0.15, 0.2) is 0 Å². The predicted octanol–water partition coefficient (Wildman–Crippen LogP) is 1.91. The zero-order valence-electron chi connectivity index (χ0n) is 10.9. The number of rotatable bonds is 8. The van der Waals surface area contributed by atoms with Gasteiger partial charge in [0.15, 0.2) is 0 Å². The van der Waals surface area contributed by atoms with Crippen molar-refractivity contribution < 1.29 is 9.47 Å². The molecule has 1 rings (SSSR count). The highest BCUT2D eigenvalue weighted by Gasteiger charge is 2.42. The van der Waals surface area contributed by atoms with Gasteiger partial charge in [-0.1, -0.05) is 0 Å². The first kappa shape index (κ1) is 14.3. The summed E-state index contributed by atoms with van der Waals surface area (Å²) in [5, 5.41) is 3.62. The average molecular weight is 247 g/mol. The van der Waals surface area contributed by atoms with Gasteiger partial charge in [0.25, 0.3) is 0 Å². The second kappa shape index (κ2) is 7.54. The Kier molecular flexibility index (Phi) is 6.73. The van der Waals surface area contributed by atoms with Crippen LogP contribution in [0.25, 0.3) is 0 Å². The van der Waals surface area contributed by atoms with Gasteiger partial charge in [-0.3, -0.25) is 0 Å². The lowest BCUT2D eigenvalue weighted by Crippen LogP contribution is -2.61. The van der Waals surface area contributed by atoms with Crippen LogP contribution in [0.1, 0.15) is 26.7 Å². The first-order valence-electron chi connectivity index (χ1n) is 6.12. The van der Waals surface area contributed by atoms with Gasteiger partial charge < -0.3 is 14.8 Å². The Bertz CT molecular complexity index is 192. The Morgan fingerprint density at radius 1 is 1.50 bits per heavy atom. The normalized spacial score (nSPS) is 31.1. The van der Waals surface area contributed by atoms with Crippen LogP contribution in [0.5, 0.6) is 0 Å². The minimum absolute atomic E-state index is 0.233. The van der Waals surface area contributed by atoms with E-state index in [2.05, 4.69) is 18.5 Å². The summed E-state index contributed by atoms with van der Waals surface area (Å²) in [6.07, 6.45) is 4.97. The van der Waals surface area contributed by atoms with Crippen LogP contribution >= 0.6 is 11.8 Å². The van der Waals surface area contributed by atoms with E-state index >= 15 is 0 Å². The molecule has 1 saturated carbocycles. The molecule has 4 atom stereocenters. The minimum atomic E-state index is 0.233. The van der Waals surface area contributed by atoms with Crippen molar-refractivity contribution in [1.29, 1.82) is 0 Å². The molecule has 1 N–H and O–H groups in total. The van der Waals surface area contributed by atoms with Crippen molar-refractivity contribution in [3.05, 3.63) is 0 Å². The van der Waals surface area contributed by atoms with E-state index in [9.17, 15) is 0 Å². The van der Waals surface area contributed by atoms with Gasteiger partial charge in [0.1, 0.15) is 0 Å². The van der Waals surface area contributed by atoms with Crippen LogP contribution in [0.3, 0.4) is 0 Å². The molecule has 0 aliphatic heterocycles. The maximum absolute atomic E-state index is 5.61. The molecule has 0 amide bonds. The molecule has 0 saturated heterocycles. The van der Waals surface area contributed by atoms with Crippen LogP contribution in [-0.2, 0) is 9.47 Å². The van der Waals surface area contributed by atoms with Crippen molar-refractivity contribution in [2.24, 2.45) is 0 Å². The summed E-state index contributed by atoms with van der Waals surface area (Å²) in [6.45, 7) is 5.06. The topological polar surface area (TPSA) is 30.5 Å². The number of methoxy groups -OCH3 is 1. The molecule has 16 heavy (non-hydrogen) atoms. The molecule has 0 bridgehead atoms. The van der Waals surface area contributed by atoms with Crippen molar-refractivity contribution in [2.45, 2.75) is 51.0 Å². The number of ether oxygens (including phenoxy) is 2. The highest BCUT2D eigenvalue weighted by molar-refractivity contribution is 7.98. The Morgan fingerprint density at radius 3 is 2.81 bits per heavy atom. The van der Waals surface area contributed by atoms with Gasteiger partial charge in [-0.05, 0) is 38.7 Å². The molecule has 0 heterocycles. The van der Waals surface area contributed by atoms with Crippen molar-refractivity contribution >= 4 is 11.8 Å². The summed E-state index contributed by atoms with van der Waals surface area (Å²) in [6, 6.07) is 1.04. The fourth-order valence-corrected chi connectivity index (χ4v) is 2.77. The molecule has 4 heteroatoms. The molecule has 4 unspecified atom stereocenters. The van der Waals surface area contributed by atoms with Gasteiger partial charge in [-0.2, -0.15) is 11.8 Å². The fraction of sp³-hybridized carbons (Fsp3) is 1.00. The van der Waals surface area contributed by atoms with Gasteiger partial charge in [-0.25, -0.2) is 0 Å². The third-order valence-corrected chi connectivity index (χ3v) is 3.80. The smallest absolute Gasteiger partial charge is 0.0986 e. The lowest BCUT2D eigenvalue weighted by Gasteiger charge is -2.44. The Morgan fingerprint density at radius 2 is 2.25 bits per heavy atom. The molecule has 0 aromatic heterocycles. The number of hydrogen-bond donors (Lipinski definition) is 1. The number of thioether (sulfide) groups is 1. The van der Waals surface area contributed by atoms with Gasteiger partial charge in [0.2, 0.25) is 0 Å². The Hall–Kier alpha value is 0.230. The summed E-state index contributed by atoms with van der Waals surface area (Å²) in [5.41, 5.74) is 0. The highest BCUT2D eigenvalue weighted by atomic mass is 32.2. The summed E-state index contributed by atoms with van der Waals surface area (Å²) in [7, 11) is 1.77. The number of nitrogens with one attached hydrogen (secondary N) is 1. The van der Waals surface area contributed by atoms with E-state index in [0.29, 0.717) is 18.2 Å². The van der Waals surface area contributed by atoms with Gasteiger partial charge in [0, 0.05) is 25.8 Å². The highest BCUT2D eigenvalue weighted by Crippen LogP contribution is 2.27. The summed E-state index contributed by atoms with van der Waals surface area (Å²) in [5.74, 6) is 1.22. The van der Waals surface area contributed by atoms with E-state index in [1.54, 1.807) is 7.11 Å². The van der Waals surface area contributed by atoms with Crippen molar-refractivity contribution in [3.63, 3.8) is 0 Å². The largest absolute Gasteiger partial charge is 0.377 e. The zero-order valence-corrected chi connectivity index (χ0v) is 11.7. The lowest BCUT2D eigenvalue weighted by molar-refractivity contribution is -0.132. The van der Waals surface area contributed by atoms with Crippen LogP contribution in [0.4, 0.5) is 0 Å². The van der Waals surface area contributed by atoms with Crippen LogP contribution in [0.2, 0.25) is 0 Å². The first-order valence-corrected chi connectivity index (χ1v) is 7.51. The van der Waals surface area contributed by atoms with Crippen LogP contribution < -0.4 is 5.32 Å². The average Bonchev–Trinajstić information content (AvgIpc) is 2.25. The second-order valence-electron chi connectivity index (χ2n) is 4.39. The monoisotopic (exact) mass is 247 g/mol. The van der Waals surface area contributed by atoms with E-state index < -0.39 is 0 Å². The van der Waals surface area contributed by atoms with Crippen LogP contribution in [0, 0.1) is 0 Å². The molecule has 1 aliphatic carbocycles. The number of hydrogen-bond acceptors (Lipinski definition) is 4. The van der Waals surface area contributed by atoms with E-state index in [0.717, 1.165) is 13.0 Å². The van der Waals surface area contributed by atoms with E-state index in [-0.39, 0.29) is 6.10 Å².